The fraction of sp³-hybridized carbons (Fsp3) is 0.227. The summed E-state index contributed by atoms with van der Waals surface area (Å²) in [5.41, 5.74) is 2.69. The zero-order valence-electron chi connectivity index (χ0n) is 16.5. The molecule has 1 amide bonds. The first-order valence-electron chi connectivity index (χ1n) is 9.14. The van der Waals surface area contributed by atoms with Gasteiger partial charge in [-0.1, -0.05) is 17.8 Å². The zero-order valence-corrected chi connectivity index (χ0v) is 17.3. The van der Waals surface area contributed by atoms with Crippen molar-refractivity contribution in [3.63, 3.8) is 0 Å². The van der Waals surface area contributed by atoms with E-state index in [-0.39, 0.29) is 12.6 Å². The van der Waals surface area contributed by atoms with Gasteiger partial charge < -0.3 is 14.5 Å². The predicted octanol–water partition coefficient (Wildman–Crippen LogP) is 4.48. The molecule has 0 bridgehead atoms. The van der Waals surface area contributed by atoms with Gasteiger partial charge in [0.2, 0.25) is 0 Å². The Hall–Kier alpha value is -3.06. The van der Waals surface area contributed by atoms with Gasteiger partial charge >= 0.3 is 5.97 Å². The Bertz CT molecular complexity index is 1000. The molecule has 1 N–H and O–H groups in total. The van der Waals surface area contributed by atoms with Crippen LogP contribution in [0.25, 0.3) is 0 Å². The quantitative estimate of drug-likeness (QED) is 0.579. The summed E-state index contributed by atoms with van der Waals surface area (Å²) in [7, 11) is 0. The first kappa shape index (κ1) is 20.7. The lowest BCUT2D eigenvalue weighted by atomic mass is 10.1. The Morgan fingerprint density at radius 1 is 1.17 bits per heavy atom. The Balaban J connectivity index is 1.62. The second-order valence-electron chi connectivity index (χ2n) is 6.58. The molecule has 0 aliphatic heterocycles. The van der Waals surface area contributed by atoms with Gasteiger partial charge in [-0.3, -0.25) is 4.79 Å². The van der Waals surface area contributed by atoms with Crippen LogP contribution in [0.3, 0.4) is 0 Å². The number of pyridine rings is 1. The standard InChI is InChI=1S/C22H22N2O4S/c1-14-8-9-17(12-15(14)2)29-21-18(6-4-10-23-21)22(26)28-13-20(25)24-16(3)19-7-5-11-27-19/h4-12,16H,13H2,1-3H3,(H,24,25)/t16-/m1/s1. The Labute approximate surface area is 173 Å². The van der Waals surface area contributed by atoms with E-state index in [1.54, 1.807) is 37.4 Å². The van der Waals surface area contributed by atoms with Crippen LogP contribution in [0.1, 0.15) is 40.2 Å². The summed E-state index contributed by atoms with van der Waals surface area (Å²) in [6.45, 7) is 5.49. The Kier molecular flexibility index (Phi) is 6.72. The van der Waals surface area contributed by atoms with Crippen molar-refractivity contribution >= 4 is 23.6 Å². The van der Waals surface area contributed by atoms with Gasteiger partial charge in [-0.05, 0) is 68.3 Å². The van der Waals surface area contributed by atoms with Crippen molar-refractivity contribution in [3.05, 3.63) is 77.4 Å². The highest BCUT2D eigenvalue weighted by atomic mass is 32.2. The van der Waals surface area contributed by atoms with Gasteiger partial charge in [-0.25, -0.2) is 9.78 Å². The van der Waals surface area contributed by atoms with Crippen LogP contribution >= 0.6 is 11.8 Å². The molecular formula is C22H22N2O4S. The van der Waals surface area contributed by atoms with E-state index in [4.69, 9.17) is 9.15 Å². The second-order valence-corrected chi connectivity index (χ2v) is 7.65. The third kappa shape index (κ3) is 5.48. The van der Waals surface area contributed by atoms with Gasteiger partial charge in [0.05, 0.1) is 17.9 Å². The molecule has 0 aliphatic rings. The lowest BCUT2D eigenvalue weighted by Gasteiger charge is -2.12. The normalized spacial score (nSPS) is 11.7. The number of ether oxygens (including phenoxy) is 1. The fourth-order valence-electron chi connectivity index (χ4n) is 2.62. The number of nitrogens with zero attached hydrogens (tertiary/aromatic N) is 1. The van der Waals surface area contributed by atoms with Gasteiger partial charge in [0.25, 0.3) is 5.91 Å². The molecular weight excluding hydrogens is 388 g/mol. The van der Waals surface area contributed by atoms with Crippen molar-refractivity contribution in [2.75, 3.05) is 6.61 Å². The zero-order chi connectivity index (χ0) is 20.8. The SMILES string of the molecule is Cc1ccc(Sc2ncccc2C(=O)OCC(=O)N[C@H](C)c2ccco2)cc1C. The maximum Gasteiger partial charge on any atom is 0.341 e. The average molecular weight is 410 g/mol. The van der Waals surface area contributed by atoms with Crippen LogP contribution in [0, 0.1) is 13.8 Å². The van der Waals surface area contributed by atoms with Crippen LogP contribution in [0.2, 0.25) is 0 Å². The summed E-state index contributed by atoms with van der Waals surface area (Å²) in [4.78, 5) is 29.9. The Morgan fingerprint density at radius 3 is 2.72 bits per heavy atom. The van der Waals surface area contributed by atoms with E-state index in [9.17, 15) is 9.59 Å². The van der Waals surface area contributed by atoms with Gasteiger partial charge in [0, 0.05) is 11.1 Å². The molecule has 29 heavy (non-hydrogen) atoms. The molecule has 7 heteroatoms. The topological polar surface area (TPSA) is 81.4 Å². The minimum atomic E-state index is -0.592. The number of furan rings is 1. The number of hydrogen-bond donors (Lipinski definition) is 1. The van der Waals surface area contributed by atoms with Crippen LogP contribution in [0.4, 0.5) is 0 Å². The summed E-state index contributed by atoms with van der Waals surface area (Å²) in [5.74, 6) is -0.372. The van der Waals surface area contributed by atoms with Crippen LogP contribution in [-0.4, -0.2) is 23.5 Å². The number of hydrogen-bond acceptors (Lipinski definition) is 6. The third-order valence-corrected chi connectivity index (χ3v) is 5.37. The molecule has 0 fully saturated rings. The summed E-state index contributed by atoms with van der Waals surface area (Å²) in [6.07, 6.45) is 3.16. The molecule has 3 aromatic rings. The van der Waals surface area contributed by atoms with E-state index in [0.717, 1.165) is 10.5 Å². The maximum absolute atomic E-state index is 12.5. The average Bonchev–Trinajstić information content (AvgIpc) is 3.24. The van der Waals surface area contributed by atoms with Crippen molar-refractivity contribution in [2.24, 2.45) is 0 Å². The van der Waals surface area contributed by atoms with Gasteiger partial charge in [0.1, 0.15) is 10.8 Å². The lowest BCUT2D eigenvalue weighted by molar-refractivity contribution is -0.125. The van der Waals surface area contributed by atoms with E-state index in [2.05, 4.69) is 10.3 Å². The number of nitrogens with one attached hydrogen (secondary N) is 1. The largest absolute Gasteiger partial charge is 0.467 e. The highest BCUT2D eigenvalue weighted by molar-refractivity contribution is 7.99. The van der Waals surface area contributed by atoms with Crippen LogP contribution in [0.5, 0.6) is 0 Å². The molecule has 0 saturated carbocycles. The fourth-order valence-corrected chi connectivity index (χ4v) is 3.59. The molecule has 0 saturated heterocycles. The molecule has 150 valence electrons. The molecule has 3 rings (SSSR count). The Morgan fingerprint density at radius 2 is 2.00 bits per heavy atom. The predicted molar refractivity (Wildman–Crippen MR) is 110 cm³/mol. The van der Waals surface area contributed by atoms with E-state index < -0.39 is 11.9 Å². The number of amides is 1. The number of rotatable bonds is 7. The smallest absolute Gasteiger partial charge is 0.341 e. The molecule has 1 aromatic carbocycles. The van der Waals surface area contributed by atoms with Crippen molar-refractivity contribution in [1.82, 2.24) is 10.3 Å². The molecule has 0 unspecified atom stereocenters. The van der Waals surface area contributed by atoms with Crippen molar-refractivity contribution in [1.29, 1.82) is 0 Å². The van der Waals surface area contributed by atoms with Crippen LogP contribution < -0.4 is 5.32 Å². The first-order valence-corrected chi connectivity index (χ1v) is 9.95. The third-order valence-electron chi connectivity index (χ3n) is 4.37. The van der Waals surface area contributed by atoms with E-state index in [1.807, 2.05) is 32.0 Å². The second kappa shape index (κ2) is 9.43. The number of benzene rings is 1. The van der Waals surface area contributed by atoms with E-state index >= 15 is 0 Å². The number of aryl methyl sites for hydroxylation is 2. The van der Waals surface area contributed by atoms with E-state index in [0.29, 0.717) is 16.3 Å². The first-order chi connectivity index (χ1) is 13.9. The van der Waals surface area contributed by atoms with Gasteiger partial charge in [-0.2, -0.15) is 0 Å². The lowest BCUT2D eigenvalue weighted by Crippen LogP contribution is -2.31. The minimum Gasteiger partial charge on any atom is -0.467 e. The van der Waals surface area contributed by atoms with Crippen LogP contribution in [-0.2, 0) is 9.53 Å². The summed E-state index contributed by atoms with van der Waals surface area (Å²) < 4.78 is 10.4. The van der Waals surface area contributed by atoms with Crippen molar-refractivity contribution in [3.8, 4) is 0 Å². The number of aromatic nitrogens is 1. The number of carbonyl (C=O) groups excluding carboxylic acids is 2. The molecule has 2 aromatic heterocycles. The van der Waals surface area contributed by atoms with Crippen LogP contribution in [0.15, 0.2) is 69.3 Å². The van der Waals surface area contributed by atoms with Gasteiger partial charge in [-0.15, -0.1) is 0 Å². The maximum atomic E-state index is 12.5. The van der Waals surface area contributed by atoms with Gasteiger partial charge in [0.15, 0.2) is 6.61 Å². The number of carbonyl (C=O) groups is 2. The van der Waals surface area contributed by atoms with Crippen molar-refractivity contribution in [2.45, 2.75) is 36.7 Å². The van der Waals surface area contributed by atoms with E-state index in [1.165, 1.54) is 23.6 Å². The van der Waals surface area contributed by atoms with Crippen molar-refractivity contribution < 1.29 is 18.7 Å². The summed E-state index contributed by atoms with van der Waals surface area (Å²) in [5, 5.41) is 3.26. The highest BCUT2D eigenvalue weighted by Gasteiger charge is 2.18. The molecule has 2 heterocycles. The summed E-state index contributed by atoms with van der Waals surface area (Å²) >= 11 is 1.38. The summed E-state index contributed by atoms with van der Waals surface area (Å²) in [6, 6.07) is 12.6. The highest BCUT2D eigenvalue weighted by Crippen LogP contribution is 2.30. The molecule has 0 spiro atoms. The molecule has 0 radical (unpaired) electrons. The monoisotopic (exact) mass is 410 g/mol. The molecule has 6 nitrogen and oxygen atoms in total. The molecule has 1 atom stereocenters. The minimum absolute atomic E-state index is 0.314. The molecule has 0 aliphatic carbocycles. The number of esters is 1.